The van der Waals surface area contributed by atoms with Gasteiger partial charge in [-0.25, -0.2) is 0 Å². The van der Waals surface area contributed by atoms with Gasteiger partial charge in [-0.2, -0.15) is 0 Å². The number of amides is 1. The summed E-state index contributed by atoms with van der Waals surface area (Å²) in [5.41, 5.74) is 0. The summed E-state index contributed by atoms with van der Waals surface area (Å²) >= 11 is 0. The summed E-state index contributed by atoms with van der Waals surface area (Å²) in [4.78, 5) is 13.1. The SMILES string of the molecule is CCCCCCCCCCCCCCCCCCCCCCCCCCC/C=C/CC/C=C/C(O)C(COC1OC(CO)C(O)C(O)C1O)NC(=O)CCCCCCCCCCCCCCCCCCCCCCCCCCCC. The lowest BCUT2D eigenvalue weighted by molar-refractivity contribution is -0.302. The first-order valence-electron chi connectivity index (χ1n) is 35.6. The van der Waals surface area contributed by atoms with Crippen LogP contribution >= 0.6 is 0 Å². The Balaban J connectivity index is 2.13. The molecule has 9 heteroatoms. The topological polar surface area (TPSA) is 149 Å². The van der Waals surface area contributed by atoms with Gasteiger partial charge in [-0.1, -0.05) is 353 Å². The molecule has 9 nitrogen and oxygen atoms in total. The number of aliphatic hydroxyl groups excluding tert-OH is 5. The van der Waals surface area contributed by atoms with Gasteiger partial charge >= 0.3 is 0 Å². The van der Waals surface area contributed by atoms with Crippen LogP contribution in [0.5, 0.6) is 0 Å². The number of allylic oxidation sites excluding steroid dienone is 3. The van der Waals surface area contributed by atoms with Crippen molar-refractivity contribution in [3.05, 3.63) is 24.3 Å². The molecule has 1 fully saturated rings. The number of ether oxygens (including phenoxy) is 2. The number of carbonyl (C=O) groups is 1. The lowest BCUT2D eigenvalue weighted by Gasteiger charge is -2.40. The number of carbonyl (C=O) groups excluding carboxylic acids is 1. The zero-order valence-corrected chi connectivity index (χ0v) is 53.1. The molecule has 0 aliphatic carbocycles. The molecule has 0 bridgehead atoms. The largest absolute Gasteiger partial charge is 0.394 e. The van der Waals surface area contributed by atoms with Crippen molar-refractivity contribution in [3.63, 3.8) is 0 Å². The van der Waals surface area contributed by atoms with E-state index in [-0.39, 0.29) is 12.5 Å². The molecule has 0 radical (unpaired) electrons. The Kier molecular flexibility index (Phi) is 58.3. The zero-order valence-electron chi connectivity index (χ0n) is 53.1. The van der Waals surface area contributed by atoms with E-state index in [4.69, 9.17) is 9.47 Å². The summed E-state index contributed by atoms with van der Waals surface area (Å²) in [5, 5.41) is 54.7. The van der Waals surface area contributed by atoms with Gasteiger partial charge in [-0.05, 0) is 32.1 Å². The van der Waals surface area contributed by atoms with Crippen molar-refractivity contribution in [2.75, 3.05) is 13.2 Å². The minimum Gasteiger partial charge on any atom is -0.394 e. The summed E-state index contributed by atoms with van der Waals surface area (Å²) in [5.74, 6) is -0.178. The van der Waals surface area contributed by atoms with Crippen molar-refractivity contribution >= 4 is 5.91 Å². The smallest absolute Gasteiger partial charge is 0.220 e. The summed E-state index contributed by atoms with van der Waals surface area (Å²) in [6.45, 7) is 3.83. The van der Waals surface area contributed by atoms with E-state index in [2.05, 4.69) is 31.3 Å². The van der Waals surface area contributed by atoms with Gasteiger partial charge in [0.15, 0.2) is 6.29 Å². The maximum Gasteiger partial charge on any atom is 0.220 e. The second-order valence-corrected chi connectivity index (χ2v) is 25.0. The van der Waals surface area contributed by atoms with E-state index < -0.39 is 49.5 Å². The monoisotopic (exact) mass is 1130 g/mol. The molecule has 1 rings (SSSR count). The van der Waals surface area contributed by atoms with Crippen molar-refractivity contribution in [1.82, 2.24) is 5.32 Å². The molecular formula is C71H137NO8. The molecule has 1 aliphatic rings. The minimum atomic E-state index is -1.57. The Bertz CT molecular complexity index is 1310. The van der Waals surface area contributed by atoms with Crippen molar-refractivity contribution in [2.45, 2.75) is 410 Å². The molecule has 1 amide bonds. The van der Waals surface area contributed by atoms with Crippen LogP contribution in [-0.2, 0) is 14.3 Å². The molecule has 7 unspecified atom stereocenters. The maximum absolute atomic E-state index is 13.1. The van der Waals surface area contributed by atoms with Crippen LogP contribution < -0.4 is 5.32 Å². The Morgan fingerprint density at radius 1 is 0.412 bits per heavy atom. The Morgan fingerprint density at radius 2 is 0.713 bits per heavy atom. The van der Waals surface area contributed by atoms with E-state index in [1.807, 2.05) is 6.08 Å². The second-order valence-electron chi connectivity index (χ2n) is 25.0. The van der Waals surface area contributed by atoms with E-state index in [9.17, 15) is 30.3 Å². The van der Waals surface area contributed by atoms with Crippen LogP contribution in [0.2, 0.25) is 0 Å². The van der Waals surface area contributed by atoms with E-state index >= 15 is 0 Å². The van der Waals surface area contributed by atoms with Crippen LogP contribution in [0.1, 0.15) is 367 Å². The highest BCUT2D eigenvalue weighted by atomic mass is 16.7. The minimum absolute atomic E-state index is 0.178. The summed E-state index contributed by atoms with van der Waals surface area (Å²) in [6.07, 6.45) is 73.0. The first kappa shape index (κ1) is 76.7. The number of rotatable bonds is 63. The molecule has 474 valence electrons. The third kappa shape index (κ3) is 49.0. The lowest BCUT2D eigenvalue weighted by atomic mass is 9.99. The molecule has 0 aromatic heterocycles. The third-order valence-electron chi connectivity index (χ3n) is 17.3. The molecule has 1 heterocycles. The van der Waals surface area contributed by atoms with Gasteiger partial charge < -0.3 is 40.3 Å². The molecule has 0 saturated carbocycles. The third-order valence-corrected chi connectivity index (χ3v) is 17.3. The summed E-state index contributed by atoms with van der Waals surface area (Å²) in [6, 6.07) is -0.820. The molecule has 0 aromatic carbocycles. The summed E-state index contributed by atoms with van der Waals surface area (Å²) in [7, 11) is 0. The number of nitrogens with one attached hydrogen (secondary N) is 1. The average molecular weight is 1130 g/mol. The fourth-order valence-corrected chi connectivity index (χ4v) is 11.7. The number of unbranched alkanes of at least 4 members (excludes halogenated alkanes) is 51. The molecule has 1 saturated heterocycles. The van der Waals surface area contributed by atoms with E-state index in [0.717, 1.165) is 38.5 Å². The van der Waals surface area contributed by atoms with Crippen molar-refractivity contribution in [1.29, 1.82) is 0 Å². The molecule has 7 atom stereocenters. The van der Waals surface area contributed by atoms with Crippen LogP contribution in [-0.4, -0.2) is 87.5 Å². The quantitative estimate of drug-likeness (QED) is 0.0261. The van der Waals surface area contributed by atoms with Crippen molar-refractivity contribution in [3.8, 4) is 0 Å². The Hall–Kier alpha value is -1.33. The van der Waals surface area contributed by atoms with Crippen LogP contribution in [0.4, 0.5) is 0 Å². The fourth-order valence-electron chi connectivity index (χ4n) is 11.7. The molecule has 1 aliphatic heterocycles. The maximum atomic E-state index is 13.1. The summed E-state index contributed by atoms with van der Waals surface area (Å²) < 4.78 is 11.3. The van der Waals surface area contributed by atoms with Gasteiger partial charge in [0.05, 0.1) is 25.4 Å². The van der Waals surface area contributed by atoms with Gasteiger partial charge in [-0.15, -0.1) is 0 Å². The normalized spacial score (nSPS) is 18.5. The highest BCUT2D eigenvalue weighted by Crippen LogP contribution is 2.24. The predicted octanol–water partition coefficient (Wildman–Crippen LogP) is 19.3. The molecule has 0 aromatic rings. The van der Waals surface area contributed by atoms with Crippen LogP contribution in [0.3, 0.4) is 0 Å². The van der Waals surface area contributed by atoms with E-state index in [0.29, 0.717) is 6.42 Å². The van der Waals surface area contributed by atoms with Gasteiger partial charge in [0, 0.05) is 6.42 Å². The molecule has 0 spiro atoms. The number of hydrogen-bond donors (Lipinski definition) is 6. The Labute approximate surface area is 496 Å². The van der Waals surface area contributed by atoms with Crippen LogP contribution in [0, 0.1) is 0 Å². The zero-order chi connectivity index (χ0) is 57.9. The standard InChI is InChI=1S/C71H137NO8/c1-3-5-7-9-11-13-15-17-19-21-23-25-27-29-31-32-33-34-35-36-38-40-42-44-46-48-50-52-54-56-58-60-65(74)64(63-79-71-70(78)69(77)68(76)66(62-73)80-71)72-67(75)61-59-57-55-53-51-49-47-45-43-41-39-37-30-28-26-24-22-20-18-16-14-12-10-8-6-4-2/h50,52,58,60,64-66,68-71,73-74,76-78H,3-49,51,53-57,59,61-63H2,1-2H3,(H,72,75)/b52-50+,60-58+. The number of aliphatic hydroxyl groups is 5. The molecular weight excluding hydrogens is 995 g/mol. The van der Waals surface area contributed by atoms with E-state index in [1.54, 1.807) is 6.08 Å². The Morgan fingerprint density at radius 3 is 1.05 bits per heavy atom. The highest BCUT2D eigenvalue weighted by molar-refractivity contribution is 5.76. The average Bonchev–Trinajstić information content (AvgIpc) is 3.50. The van der Waals surface area contributed by atoms with Gasteiger partial charge in [0.1, 0.15) is 24.4 Å². The van der Waals surface area contributed by atoms with Crippen molar-refractivity contribution in [2.24, 2.45) is 0 Å². The van der Waals surface area contributed by atoms with Gasteiger partial charge in [-0.3, -0.25) is 4.79 Å². The number of hydrogen-bond acceptors (Lipinski definition) is 8. The highest BCUT2D eigenvalue weighted by Gasteiger charge is 2.44. The molecule has 6 N–H and O–H groups in total. The molecule has 80 heavy (non-hydrogen) atoms. The first-order valence-corrected chi connectivity index (χ1v) is 35.6. The first-order chi connectivity index (χ1) is 39.3. The fraction of sp³-hybridized carbons (Fsp3) is 0.930. The second kappa shape index (κ2) is 60.8. The van der Waals surface area contributed by atoms with E-state index in [1.165, 1.54) is 308 Å². The van der Waals surface area contributed by atoms with Crippen LogP contribution in [0.25, 0.3) is 0 Å². The predicted molar refractivity (Wildman–Crippen MR) is 341 cm³/mol. The van der Waals surface area contributed by atoms with Crippen molar-refractivity contribution < 1.29 is 39.8 Å². The van der Waals surface area contributed by atoms with Gasteiger partial charge in [0.25, 0.3) is 0 Å². The van der Waals surface area contributed by atoms with Crippen LogP contribution in [0.15, 0.2) is 24.3 Å². The van der Waals surface area contributed by atoms with Gasteiger partial charge in [0.2, 0.25) is 5.91 Å². The lowest BCUT2D eigenvalue weighted by Crippen LogP contribution is -2.60.